The van der Waals surface area contributed by atoms with Crippen molar-refractivity contribution in [2.24, 2.45) is 5.92 Å². The Bertz CT molecular complexity index is 306. The number of rotatable bonds is 4. The van der Waals surface area contributed by atoms with Crippen LogP contribution in [0.1, 0.15) is 32.3 Å². The van der Waals surface area contributed by atoms with Gasteiger partial charge in [-0.3, -0.25) is 0 Å². The van der Waals surface area contributed by atoms with Crippen LogP contribution in [0.15, 0.2) is 30.3 Å². The van der Waals surface area contributed by atoms with Crippen molar-refractivity contribution in [3.05, 3.63) is 35.9 Å². The molecular weight excluding hydrogens is 182 g/mol. The summed E-state index contributed by atoms with van der Waals surface area (Å²) in [5.74, 6) is 0.818. The molecule has 1 aromatic carbocycles. The van der Waals surface area contributed by atoms with Gasteiger partial charge < -0.3 is 5.32 Å². The maximum absolute atomic E-state index is 3.52. The van der Waals surface area contributed by atoms with Crippen LogP contribution in [0.4, 0.5) is 0 Å². The minimum absolute atomic E-state index is 0.414. The Morgan fingerprint density at radius 3 is 2.53 bits per heavy atom. The van der Waals surface area contributed by atoms with Gasteiger partial charge >= 0.3 is 0 Å². The van der Waals surface area contributed by atoms with Gasteiger partial charge in [-0.2, -0.15) is 0 Å². The van der Waals surface area contributed by atoms with E-state index >= 15 is 0 Å². The van der Waals surface area contributed by atoms with Crippen molar-refractivity contribution in [2.45, 2.75) is 32.1 Å². The lowest BCUT2D eigenvalue weighted by atomic mass is 9.57. The molecule has 2 unspecified atom stereocenters. The molecule has 0 heterocycles. The second-order valence-electron chi connectivity index (χ2n) is 4.74. The topological polar surface area (TPSA) is 12.0 Å². The van der Waals surface area contributed by atoms with Crippen LogP contribution in [0.3, 0.4) is 0 Å². The highest BCUT2D eigenvalue weighted by Gasteiger charge is 2.44. The van der Waals surface area contributed by atoms with Crippen LogP contribution < -0.4 is 5.32 Å². The van der Waals surface area contributed by atoms with E-state index in [1.54, 1.807) is 0 Å². The molecule has 1 aliphatic rings. The van der Waals surface area contributed by atoms with Crippen molar-refractivity contribution in [1.29, 1.82) is 0 Å². The zero-order valence-electron chi connectivity index (χ0n) is 9.79. The molecule has 1 saturated carbocycles. The maximum Gasteiger partial charge on any atom is 0.0103 e. The highest BCUT2D eigenvalue weighted by molar-refractivity contribution is 5.30. The number of nitrogens with one attached hydrogen (secondary N) is 1. The molecule has 0 spiro atoms. The summed E-state index contributed by atoms with van der Waals surface area (Å²) in [5, 5.41) is 3.52. The molecule has 1 aromatic rings. The molecule has 0 amide bonds. The van der Waals surface area contributed by atoms with Crippen LogP contribution in [0.2, 0.25) is 0 Å². The summed E-state index contributed by atoms with van der Waals surface area (Å²) < 4.78 is 0. The molecule has 1 fully saturated rings. The summed E-state index contributed by atoms with van der Waals surface area (Å²) in [6, 6.07) is 11.0. The van der Waals surface area contributed by atoms with Crippen LogP contribution in [-0.4, -0.2) is 13.1 Å². The van der Waals surface area contributed by atoms with Crippen LogP contribution in [-0.2, 0) is 5.41 Å². The van der Waals surface area contributed by atoms with E-state index in [-0.39, 0.29) is 0 Å². The third-order valence-electron chi connectivity index (χ3n) is 4.01. The number of likely N-dealkylation sites (N-methyl/N-ethyl adjacent to an activating group) is 1. The maximum atomic E-state index is 3.52. The molecule has 1 aliphatic carbocycles. The summed E-state index contributed by atoms with van der Waals surface area (Å²) in [7, 11) is 0. The van der Waals surface area contributed by atoms with Crippen LogP contribution >= 0.6 is 0 Å². The lowest BCUT2D eigenvalue weighted by Gasteiger charge is -2.49. The molecule has 2 rings (SSSR count). The summed E-state index contributed by atoms with van der Waals surface area (Å²) in [4.78, 5) is 0. The van der Waals surface area contributed by atoms with Crippen molar-refractivity contribution < 1.29 is 0 Å². The zero-order chi connectivity index (χ0) is 10.7. The summed E-state index contributed by atoms with van der Waals surface area (Å²) in [6.45, 7) is 6.77. The largest absolute Gasteiger partial charge is 0.316 e. The van der Waals surface area contributed by atoms with E-state index in [0.717, 1.165) is 19.0 Å². The average Bonchev–Trinajstić information content (AvgIpc) is 2.29. The molecule has 0 radical (unpaired) electrons. The third kappa shape index (κ3) is 1.81. The van der Waals surface area contributed by atoms with Gasteiger partial charge in [-0.15, -0.1) is 0 Å². The molecule has 15 heavy (non-hydrogen) atoms. The van der Waals surface area contributed by atoms with Gasteiger partial charge in [-0.1, -0.05) is 44.2 Å². The van der Waals surface area contributed by atoms with Gasteiger partial charge in [0, 0.05) is 12.0 Å². The standard InChI is InChI=1S/C14H21N/c1-3-15-11-14(10-9-12(14)2)13-7-5-4-6-8-13/h4-8,12,15H,3,9-11H2,1-2H3. The van der Waals surface area contributed by atoms with E-state index in [2.05, 4.69) is 49.5 Å². The smallest absolute Gasteiger partial charge is 0.0103 e. The summed E-state index contributed by atoms with van der Waals surface area (Å²) >= 11 is 0. The first-order valence-corrected chi connectivity index (χ1v) is 6.06. The Balaban J connectivity index is 2.20. The minimum Gasteiger partial charge on any atom is -0.316 e. The van der Waals surface area contributed by atoms with Gasteiger partial charge in [0.1, 0.15) is 0 Å². The van der Waals surface area contributed by atoms with Gasteiger partial charge in [0.25, 0.3) is 0 Å². The van der Waals surface area contributed by atoms with Gasteiger partial charge in [0.15, 0.2) is 0 Å². The van der Waals surface area contributed by atoms with E-state index in [4.69, 9.17) is 0 Å². The summed E-state index contributed by atoms with van der Waals surface area (Å²) in [5.41, 5.74) is 1.93. The zero-order valence-corrected chi connectivity index (χ0v) is 9.79. The van der Waals surface area contributed by atoms with E-state index in [1.165, 1.54) is 18.4 Å². The van der Waals surface area contributed by atoms with Crippen LogP contribution in [0.5, 0.6) is 0 Å². The predicted octanol–water partition coefficient (Wildman–Crippen LogP) is 2.96. The second kappa shape index (κ2) is 4.36. The first-order valence-electron chi connectivity index (χ1n) is 6.06. The van der Waals surface area contributed by atoms with E-state index in [1.807, 2.05) is 0 Å². The molecule has 0 aromatic heterocycles. The highest BCUT2D eigenvalue weighted by Crippen LogP contribution is 2.48. The molecular formula is C14H21N. The third-order valence-corrected chi connectivity index (χ3v) is 4.01. The van der Waals surface area contributed by atoms with Gasteiger partial charge in [-0.25, -0.2) is 0 Å². The Morgan fingerprint density at radius 2 is 2.07 bits per heavy atom. The quantitative estimate of drug-likeness (QED) is 0.793. The lowest BCUT2D eigenvalue weighted by molar-refractivity contribution is 0.135. The average molecular weight is 203 g/mol. The fourth-order valence-electron chi connectivity index (χ4n) is 2.69. The van der Waals surface area contributed by atoms with Gasteiger partial charge in [-0.05, 0) is 30.9 Å². The highest BCUT2D eigenvalue weighted by atomic mass is 14.9. The van der Waals surface area contributed by atoms with E-state index < -0.39 is 0 Å². The van der Waals surface area contributed by atoms with E-state index in [9.17, 15) is 0 Å². The fourth-order valence-corrected chi connectivity index (χ4v) is 2.69. The molecule has 1 N–H and O–H groups in total. The monoisotopic (exact) mass is 203 g/mol. The molecule has 82 valence electrons. The van der Waals surface area contributed by atoms with Gasteiger partial charge in [0.05, 0.1) is 0 Å². The number of benzene rings is 1. The first-order chi connectivity index (χ1) is 7.29. The summed E-state index contributed by atoms with van der Waals surface area (Å²) in [6.07, 6.45) is 2.71. The Labute approximate surface area is 92.9 Å². The van der Waals surface area contributed by atoms with Crippen molar-refractivity contribution in [3.8, 4) is 0 Å². The fraction of sp³-hybridized carbons (Fsp3) is 0.571. The van der Waals surface area contributed by atoms with Crippen molar-refractivity contribution in [2.75, 3.05) is 13.1 Å². The SMILES string of the molecule is CCNCC1(c2ccccc2)CCC1C. The van der Waals surface area contributed by atoms with Crippen molar-refractivity contribution >= 4 is 0 Å². The Kier molecular flexibility index (Phi) is 3.11. The number of hydrogen-bond acceptors (Lipinski definition) is 1. The molecule has 0 saturated heterocycles. The second-order valence-corrected chi connectivity index (χ2v) is 4.74. The lowest BCUT2D eigenvalue weighted by Crippen LogP contribution is -2.50. The van der Waals surface area contributed by atoms with Gasteiger partial charge in [0.2, 0.25) is 0 Å². The normalized spacial score (nSPS) is 29.9. The van der Waals surface area contributed by atoms with Crippen LogP contribution in [0, 0.1) is 5.92 Å². The Morgan fingerprint density at radius 1 is 1.33 bits per heavy atom. The Hall–Kier alpha value is -0.820. The predicted molar refractivity (Wildman–Crippen MR) is 65.1 cm³/mol. The van der Waals surface area contributed by atoms with Crippen molar-refractivity contribution in [1.82, 2.24) is 5.32 Å². The van der Waals surface area contributed by atoms with Crippen molar-refractivity contribution in [3.63, 3.8) is 0 Å². The van der Waals surface area contributed by atoms with E-state index in [0.29, 0.717) is 5.41 Å². The minimum atomic E-state index is 0.414. The molecule has 0 bridgehead atoms. The number of hydrogen-bond donors (Lipinski definition) is 1. The molecule has 1 heteroatoms. The molecule has 1 nitrogen and oxygen atoms in total. The van der Waals surface area contributed by atoms with Crippen LogP contribution in [0.25, 0.3) is 0 Å². The first kappa shape index (κ1) is 10.7. The molecule has 0 aliphatic heterocycles. The molecule has 2 atom stereocenters.